The quantitative estimate of drug-likeness (QED) is 0.304. The van der Waals surface area contributed by atoms with E-state index in [-0.39, 0.29) is 12.2 Å². The number of furan rings is 1. The Morgan fingerprint density at radius 2 is 1.80 bits per heavy atom. The number of anilines is 1. The second kappa shape index (κ2) is 11.6. The Bertz CT molecular complexity index is 1760. The number of ether oxygens (including phenoxy) is 2. The van der Waals surface area contributed by atoms with Gasteiger partial charge in [-0.3, -0.25) is 9.36 Å². The molecule has 4 heterocycles. The van der Waals surface area contributed by atoms with Gasteiger partial charge in [-0.2, -0.15) is 0 Å². The van der Waals surface area contributed by atoms with Gasteiger partial charge in [-0.25, -0.2) is 9.79 Å². The van der Waals surface area contributed by atoms with Gasteiger partial charge in [0.05, 0.1) is 35.6 Å². The number of methoxy groups -OCH3 is 1. The van der Waals surface area contributed by atoms with Crippen molar-refractivity contribution in [1.29, 1.82) is 0 Å². The molecule has 2 aromatic carbocycles. The van der Waals surface area contributed by atoms with Gasteiger partial charge >= 0.3 is 5.97 Å². The van der Waals surface area contributed by atoms with Crippen molar-refractivity contribution in [3.05, 3.63) is 109 Å². The molecule has 41 heavy (non-hydrogen) atoms. The van der Waals surface area contributed by atoms with E-state index in [1.54, 1.807) is 24.7 Å². The van der Waals surface area contributed by atoms with Gasteiger partial charge in [0, 0.05) is 30.8 Å². The Morgan fingerprint density at radius 3 is 2.51 bits per heavy atom. The van der Waals surface area contributed by atoms with Crippen molar-refractivity contribution in [3.63, 3.8) is 0 Å². The third-order valence-corrected chi connectivity index (χ3v) is 8.34. The minimum absolute atomic E-state index is 0.196. The summed E-state index contributed by atoms with van der Waals surface area (Å²) in [5, 5.41) is 0. The standard InChI is InChI=1S/C32H31N3O5S/c1-3-39-31(37)27-28(21-10-6-4-7-11-21)33-32-35(29(27)22-12-14-23(38-2)15-13-22)30(36)25(41-32)20-24-16-17-26(40-24)34-18-8-5-9-19-34/h4,6-7,10-17,20,29H,3,5,8-9,18-19H2,1-2H3/b25-20-/t29-/m0/s1. The molecule has 0 radical (unpaired) electrons. The summed E-state index contributed by atoms with van der Waals surface area (Å²) in [6.07, 6.45) is 5.29. The summed E-state index contributed by atoms with van der Waals surface area (Å²) in [6.45, 7) is 3.90. The molecule has 8 nitrogen and oxygen atoms in total. The van der Waals surface area contributed by atoms with E-state index in [0.717, 1.165) is 42.9 Å². The van der Waals surface area contributed by atoms with E-state index in [1.807, 2.05) is 66.7 Å². The fourth-order valence-corrected chi connectivity index (χ4v) is 6.36. The van der Waals surface area contributed by atoms with Gasteiger partial charge in [0.15, 0.2) is 10.7 Å². The van der Waals surface area contributed by atoms with Crippen LogP contribution in [0.1, 0.15) is 49.1 Å². The average molecular weight is 570 g/mol. The maximum Gasteiger partial charge on any atom is 0.338 e. The summed E-state index contributed by atoms with van der Waals surface area (Å²) in [4.78, 5) is 35.2. The highest BCUT2D eigenvalue weighted by atomic mass is 32.1. The zero-order valence-electron chi connectivity index (χ0n) is 23.0. The molecule has 1 saturated heterocycles. The average Bonchev–Trinajstić information content (AvgIpc) is 3.61. The Labute approximate surface area is 241 Å². The van der Waals surface area contributed by atoms with Gasteiger partial charge in [0.1, 0.15) is 11.5 Å². The predicted molar refractivity (Wildman–Crippen MR) is 159 cm³/mol. The summed E-state index contributed by atoms with van der Waals surface area (Å²) < 4.78 is 19.1. The summed E-state index contributed by atoms with van der Waals surface area (Å²) in [5.41, 5.74) is 2.06. The topological polar surface area (TPSA) is 86.3 Å². The predicted octanol–water partition coefficient (Wildman–Crippen LogP) is 4.53. The molecule has 2 aliphatic heterocycles. The van der Waals surface area contributed by atoms with Crippen molar-refractivity contribution in [3.8, 4) is 5.75 Å². The van der Waals surface area contributed by atoms with Crippen LogP contribution in [0.4, 0.5) is 5.88 Å². The molecule has 2 aliphatic rings. The molecule has 0 amide bonds. The van der Waals surface area contributed by atoms with Crippen LogP contribution in [-0.2, 0) is 9.53 Å². The smallest absolute Gasteiger partial charge is 0.338 e. The van der Waals surface area contributed by atoms with E-state index in [0.29, 0.717) is 32.1 Å². The number of carbonyl (C=O) groups excluding carboxylic acids is 1. The minimum atomic E-state index is -0.742. The van der Waals surface area contributed by atoms with Gasteiger partial charge in [-0.1, -0.05) is 53.8 Å². The first-order valence-electron chi connectivity index (χ1n) is 13.8. The van der Waals surface area contributed by atoms with Crippen LogP contribution in [0.25, 0.3) is 11.8 Å². The molecule has 210 valence electrons. The molecule has 0 bridgehead atoms. The van der Waals surface area contributed by atoms with Crippen LogP contribution >= 0.6 is 11.3 Å². The lowest BCUT2D eigenvalue weighted by Gasteiger charge is -2.26. The number of benzene rings is 2. The molecule has 2 aromatic heterocycles. The number of nitrogens with zero attached hydrogens (tertiary/aromatic N) is 3. The molecular weight excluding hydrogens is 538 g/mol. The summed E-state index contributed by atoms with van der Waals surface area (Å²) in [6, 6.07) is 20.0. The van der Waals surface area contributed by atoms with Crippen LogP contribution in [0, 0.1) is 0 Å². The van der Waals surface area contributed by atoms with Crippen LogP contribution in [-0.4, -0.2) is 37.3 Å². The lowest BCUT2D eigenvalue weighted by molar-refractivity contribution is -0.138. The van der Waals surface area contributed by atoms with E-state index < -0.39 is 12.0 Å². The van der Waals surface area contributed by atoms with Crippen LogP contribution in [0.3, 0.4) is 0 Å². The Hall–Kier alpha value is -4.37. The minimum Gasteiger partial charge on any atom is -0.497 e. The van der Waals surface area contributed by atoms with Crippen molar-refractivity contribution in [1.82, 2.24) is 4.57 Å². The normalized spacial score (nSPS) is 17.3. The number of aromatic nitrogens is 1. The number of thiazole rings is 1. The molecule has 4 aromatic rings. The van der Waals surface area contributed by atoms with Gasteiger partial charge < -0.3 is 18.8 Å². The first kappa shape index (κ1) is 26.8. The number of rotatable bonds is 7. The SMILES string of the molecule is CCOC(=O)C1=C(c2ccccc2)N=c2s/c(=C\c3ccc(N4CCCCC4)o3)c(=O)n2[C@H]1c1ccc(OC)cc1. The second-order valence-electron chi connectivity index (χ2n) is 9.93. The number of hydrogen-bond donors (Lipinski definition) is 0. The van der Waals surface area contributed by atoms with Gasteiger partial charge in [-0.05, 0) is 49.9 Å². The van der Waals surface area contributed by atoms with Crippen molar-refractivity contribution >= 4 is 35.0 Å². The largest absolute Gasteiger partial charge is 0.497 e. The number of fused-ring (bicyclic) bond motifs is 1. The fourth-order valence-electron chi connectivity index (χ4n) is 5.38. The monoisotopic (exact) mass is 569 g/mol. The van der Waals surface area contributed by atoms with Crippen molar-refractivity contribution in [2.75, 3.05) is 31.7 Å². The molecule has 0 aliphatic carbocycles. The van der Waals surface area contributed by atoms with Crippen molar-refractivity contribution in [2.24, 2.45) is 4.99 Å². The Kier molecular flexibility index (Phi) is 7.61. The molecule has 6 rings (SSSR count). The van der Waals surface area contributed by atoms with Crippen LogP contribution < -0.4 is 24.5 Å². The van der Waals surface area contributed by atoms with Crippen molar-refractivity contribution in [2.45, 2.75) is 32.2 Å². The summed E-state index contributed by atoms with van der Waals surface area (Å²) in [5.74, 6) is 1.58. The number of piperidine rings is 1. The fraction of sp³-hybridized carbons (Fsp3) is 0.281. The zero-order valence-corrected chi connectivity index (χ0v) is 23.9. The summed E-state index contributed by atoms with van der Waals surface area (Å²) in [7, 11) is 1.60. The van der Waals surface area contributed by atoms with Crippen LogP contribution in [0.15, 0.2) is 86.5 Å². The van der Waals surface area contributed by atoms with Crippen LogP contribution in [0.2, 0.25) is 0 Å². The number of carbonyl (C=O) groups is 1. The number of hydrogen-bond acceptors (Lipinski definition) is 8. The van der Waals surface area contributed by atoms with Crippen LogP contribution in [0.5, 0.6) is 5.75 Å². The lowest BCUT2D eigenvalue weighted by Crippen LogP contribution is -2.40. The highest BCUT2D eigenvalue weighted by Crippen LogP contribution is 2.35. The van der Waals surface area contributed by atoms with Gasteiger partial charge in [-0.15, -0.1) is 0 Å². The molecular formula is C32H31N3O5S. The summed E-state index contributed by atoms with van der Waals surface area (Å²) >= 11 is 1.28. The molecule has 9 heteroatoms. The Morgan fingerprint density at radius 1 is 1.05 bits per heavy atom. The van der Waals surface area contributed by atoms with Crippen molar-refractivity contribution < 1.29 is 18.7 Å². The first-order chi connectivity index (χ1) is 20.1. The van der Waals surface area contributed by atoms with Gasteiger partial charge in [0.25, 0.3) is 5.56 Å². The van der Waals surface area contributed by atoms with E-state index >= 15 is 0 Å². The molecule has 1 atom stereocenters. The van der Waals surface area contributed by atoms with E-state index in [4.69, 9.17) is 18.9 Å². The Balaban J connectivity index is 1.54. The third-order valence-electron chi connectivity index (χ3n) is 7.36. The van der Waals surface area contributed by atoms with Gasteiger partial charge in [0.2, 0.25) is 0 Å². The maximum atomic E-state index is 14.0. The zero-order chi connectivity index (χ0) is 28.3. The molecule has 0 spiro atoms. The third kappa shape index (κ3) is 5.25. The van der Waals surface area contributed by atoms with E-state index in [1.165, 1.54) is 17.8 Å². The first-order valence-corrected chi connectivity index (χ1v) is 14.7. The molecule has 0 unspecified atom stereocenters. The van der Waals surface area contributed by atoms with E-state index in [9.17, 15) is 9.59 Å². The highest BCUT2D eigenvalue weighted by Gasteiger charge is 2.35. The number of esters is 1. The molecule has 0 N–H and O–H groups in total. The second-order valence-corrected chi connectivity index (χ2v) is 10.9. The lowest BCUT2D eigenvalue weighted by atomic mass is 9.93. The highest BCUT2D eigenvalue weighted by molar-refractivity contribution is 7.07. The maximum absolute atomic E-state index is 14.0. The molecule has 1 fully saturated rings. The molecule has 0 saturated carbocycles. The van der Waals surface area contributed by atoms with E-state index in [2.05, 4.69) is 4.90 Å².